The molecule has 1 amide bonds. The number of imidazole rings is 1. The zero-order valence-corrected chi connectivity index (χ0v) is 17.6. The van der Waals surface area contributed by atoms with E-state index < -0.39 is 18.5 Å². The highest BCUT2D eigenvalue weighted by Crippen LogP contribution is 2.30. The normalized spacial score (nSPS) is 11.5. The Labute approximate surface area is 187 Å². The summed E-state index contributed by atoms with van der Waals surface area (Å²) in [4.78, 5) is 15.9. The second-order valence-electron chi connectivity index (χ2n) is 7.38. The Morgan fingerprint density at radius 1 is 1.15 bits per heavy atom. The summed E-state index contributed by atoms with van der Waals surface area (Å²) in [6.45, 7) is 1.43. The molecule has 0 saturated heterocycles. The second-order valence-corrected chi connectivity index (χ2v) is 7.38. The number of primary amides is 1. The van der Waals surface area contributed by atoms with Crippen molar-refractivity contribution in [1.29, 1.82) is 0 Å². The van der Waals surface area contributed by atoms with Crippen LogP contribution in [0.1, 0.15) is 22.3 Å². The molecule has 2 aromatic heterocycles. The van der Waals surface area contributed by atoms with Crippen LogP contribution in [-0.2, 0) is 0 Å². The number of benzene rings is 2. The van der Waals surface area contributed by atoms with Gasteiger partial charge < -0.3 is 15.8 Å². The largest absolute Gasteiger partial charge is 0.438 e. The molecule has 10 heteroatoms. The summed E-state index contributed by atoms with van der Waals surface area (Å²) in [5.74, 6) is 0.159. The Kier molecular flexibility index (Phi) is 5.91. The van der Waals surface area contributed by atoms with Gasteiger partial charge in [-0.2, -0.15) is 13.2 Å². The van der Waals surface area contributed by atoms with Gasteiger partial charge in [-0.05, 0) is 36.8 Å². The Morgan fingerprint density at radius 3 is 2.58 bits per heavy atom. The number of rotatable bonds is 7. The SMILES string of the molecule is Cc1cc(-c2cnc3c(NCCC(F)(F)F)cc(Oc4ccccc4)nn23)ccc1C(N)=O. The molecule has 0 atom stereocenters. The quantitative estimate of drug-likeness (QED) is 0.411. The maximum absolute atomic E-state index is 12.7. The minimum atomic E-state index is -4.29. The van der Waals surface area contributed by atoms with E-state index in [0.717, 1.165) is 0 Å². The van der Waals surface area contributed by atoms with Crippen LogP contribution in [0.4, 0.5) is 18.9 Å². The molecule has 3 N–H and O–H groups in total. The van der Waals surface area contributed by atoms with E-state index in [2.05, 4.69) is 15.4 Å². The van der Waals surface area contributed by atoms with Crippen molar-refractivity contribution < 1.29 is 22.7 Å². The average molecular weight is 455 g/mol. The third-order valence-electron chi connectivity index (χ3n) is 4.92. The lowest BCUT2D eigenvalue weighted by atomic mass is 10.0. The first-order valence-electron chi connectivity index (χ1n) is 10.0. The molecule has 33 heavy (non-hydrogen) atoms. The summed E-state index contributed by atoms with van der Waals surface area (Å²) in [5, 5.41) is 7.28. The van der Waals surface area contributed by atoms with E-state index in [9.17, 15) is 18.0 Å². The molecule has 0 aliphatic heterocycles. The molecular formula is C23H20F3N5O2. The number of ether oxygens (including phenoxy) is 1. The number of anilines is 1. The van der Waals surface area contributed by atoms with Crippen LogP contribution in [0.25, 0.3) is 16.9 Å². The van der Waals surface area contributed by atoms with Gasteiger partial charge in [-0.1, -0.05) is 24.3 Å². The summed E-state index contributed by atoms with van der Waals surface area (Å²) in [6.07, 6.45) is -3.74. The van der Waals surface area contributed by atoms with E-state index in [1.54, 1.807) is 55.6 Å². The van der Waals surface area contributed by atoms with Crippen molar-refractivity contribution in [3.63, 3.8) is 0 Å². The molecular weight excluding hydrogens is 435 g/mol. The zero-order chi connectivity index (χ0) is 23.6. The van der Waals surface area contributed by atoms with Gasteiger partial charge in [-0.3, -0.25) is 4.79 Å². The molecule has 2 aromatic carbocycles. The van der Waals surface area contributed by atoms with Crippen LogP contribution >= 0.6 is 0 Å². The maximum Gasteiger partial charge on any atom is 0.390 e. The molecule has 0 aliphatic rings. The fourth-order valence-electron chi connectivity index (χ4n) is 3.37. The summed E-state index contributed by atoms with van der Waals surface area (Å²) < 4.78 is 45.3. The van der Waals surface area contributed by atoms with Crippen LogP contribution in [0.2, 0.25) is 0 Å². The number of nitrogens with zero attached hydrogens (tertiary/aromatic N) is 3. The van der Waals surface area contributed by atoms with E-state index in [1.165, 1.54) is 10.6 Å². The molecule has 0 aliphatic carbocycles. The number of amides is 1. The molecule has 0 saturated carbocycles. The second kappa shape index (κ2) is 8.81. The number of fused-ring (bicyclic) bond motifs is 1. The molecule has 0 radical (unpaired) electrons. The van der Waals surface area contributed by atoms with Gasteiger partial charge in [0.15, 0.2) is 5.65 Å². The van der Waals surface area contributed by atoms with Crippen LogP contribution in [0.5, 0.6) is 11.6 Å². The molecule has 170 valence electrons. The predicted octanol–water partition coefficient (Wildman–Crippen LogP) is 4.96. The van der Waals surface area contributed by atoms with Crippen molar-refractivity contribution in [3.8, 4) is 22.9 Å². The fourth-order valence-corrected chi connectivity index (χ4v) is 3.37. The molecule has 4 rings (SSSR count). The third-order valence-corrected chi connectivity index (χ3v) is 4.92. The van der Waals surface area contributed by atoms with Crippen molar-refractivity contribution >= 4 is 17.2 Å². The van der Waals surface area contributed by atoms with Crippen molar-refractivity contribution in [2.75, 3.05) is 11.9 Å². The van der Waals surface area contributed by atoms with Crippen molar-refractivity contribution in [3.05, 3.63) is 71.9 Å². The van der Waals surface area contributed by atoms with Crippen molar-refractivity contribution in [2.45, 2.75) is 19.5 Å². The fraction of sp³-hybridized carbons (Fsp3) is 0.174. The number of para-hydroxylation sites is 1. The number of carbonyl (C=O) groups is 1. The van der Waals surface area contributed by atoms with Gasteiger partial charge in [0.25, 0.3) is 0 Å². The molecule has 0 bridgehead atoms. The van der Waals surface area contributed by atoms with Crippen molar-refractivity contribution in [1.82, 2.24) is 14.6 Å². The Hall–Kier alpha value is -4.08. The van der Waals surface area contributed by atoms with Crippen LogP contribution in [-0.4, -0.2) is 33.2 Å². The molecule has 0 fully saturated rings. The number of nitrogens with two attached hydrogens (primary N) is 1. The highest BCUT2D eigenvalue weighted by atomic mass is 19.4. The molecule has 7 nitrogen and oxygen atoms in total. The van der Waals surface area contributed by atoms with Crippen molar-refractivity contribution in [2.24, 2.45) is 5.73 Å². The van der Waals surface area contributed by atoms with Crippen LogP contribution in [0.3, 0.4) is 0 Å². The first-order valence-corrected chi connectivity index (χ1v) is 10.0. The number of alkyl halides is 3. The smallest absolute Gasteiger partial charge is 0.390 e. The third kappa shape index (κ3) is 5.05. The van der Waals surface area contributed by atoms with Gasteiger partial charge >= 0.3 is 6.18 Å². The Morgan fingerprint density at radius 2 is 1.91 bits per heavy atom. The van der Waals surface area contributed by atoms with E-state index >= 15 is 0 Å². The molecule has 4 aromatic rings. The maximum atomic E-state index is 12.7. The topological polar surface area (TPSA) is 94.5 Å². The first-order chi connectivity index (χ1) is 15.7. The number of nitrogens with one attached hydrogen (secondary N) is 1. The monoisotopic (exact) mass is 455 g/mol. The first kappa shape index (κ1) is 22.1. The van der Waals surface area contributed by atoms with Gasteiger partial charge in [0.05, 0.1) is 24.0 Å². The number of aromatic nitrogens is 3. The van der Waals surface area contributed by atoms with E-state index in [4.69, 9.17) is 10.5 Å². The lowest BCUT2D eigenvalue weighted by molar-refractivity contribution is -0.131. The number of halogens is 3. The van der Waals surface area contributed by atoms with Crippen LogP contribution in [0.15, 0.2) is 60.8 Å². The van der Waals surface area contributed by atoms with Crippen LogP contribution in [0, 0.1) is 6.92 Å². The molecule has 2 heterocycles. The predicted molar refractivity (Wildman–Crippen MR) is 117 cm³/mol. The van der Waals surface area contributed by atoms with Gasteiger partial charge in [0.2, 0.25) is 11.8 Å². The summed E-state index contributed by atoms with van der Waals surface area (Å²) >= 11 is 0. The van der Waals surface area contributed by atoms with E-state index in [1.807, 2.05) is 6.07 Å². The number of hydrogen-bond acceptors (Lipinski definition) is 5. The number of aryl methyl sites for hydroxylation is 1. The highest BCUT2D eigenvalue weighted by Gasteiger charge is 2.26. The lowest BCUT2D eigenvalue weighted by Gasteiger charge is -2.13. The molecule has 0 unspecified atom stereocenters. The van der Waals surface area contributed by atoms with Gasteiger partial charge in [-0.15, -0.1) is 5.10 Å². The summed E-state index contributed by atoms with van der Waals surface area (Å²) in [6, 6.07) is 15.5. The van der Waals surface area contributed by atoms with Gasteiger partial charge in [0, 0.05) is 23.7 Å². The lowest BCUT2D eigenvalue weighted by Crippen LogP contribution is -2.15. The zero-order valence-electron chi connectivity index (χ0n) is 17.6. The highest BCUT2D eigenvalue weighted by molar-refractivity contribution is 5.94. The van der Waals surface area contributed by atoms with Crippen LogP contribution < -0.4 is 15.8 Å². The summed E-state index contributed by atoms with van der Waals surface area (Å²) in [5.41, 5.74) is 8.41. The van der Waals surface area contributed by atoms with Gasteiger partial charge in [-0.25, -0.2) is 9.50 Å². The van der Waals surface area contributed by atoms with E-state index in [0.29, 0.717) is 39.5 Å². The van der Waals surface area contributed by atoms with E-state index in [-0.39, 0.29) is 12.4 Å². The number of hydrogen-bond donors (Lipinski definition) is 2. The average Bonchev–Trinajstić information content (AvgIpc) is 3.17. The standard InChI is InChI=1S/C23H20F3N5O2/c1-14-11-15(7-8-17(14)21(27)32)19-13-29-22-18(28-10-9-23(24,25)26)12-20(30-31(19)22)33-16-5-3-2-4-6-16/h2-8,11-13,28H,9-10H2,1H3,(H2,27,32). The minimum absolute atomic E-state index is 0.174. The van der Waals surface area contributed by atoms with Gasteiger partial charge in [0.1, 0.15) is 5.75 Å². The summed E-state index contributed by atoms with van der Waals surface area (Å²) in [7, 11) is 0. The molecule has 0 spiro atoms. The Balaban J connectivity index is 1.77. The minimum Gasteiger partial charge on any atom is -0.438 e. The Bertz CT molecular complexity index is 1300. The number of carbonyl (C=O) groups excluding carboxylic acids is 1.